The number of aliphatic hydroxyl groups is 1. The molecule has 1 unspecified atom stereocenters. The van der Waals surface area contributed by atoms with Crippen molar-refractivity contribution >= 4 is 5.91 Å². The molecule has 1 aliphatic rings. The molecule has 0 bridgehead atoms. The lowest BCUT2D eigenvalue weighted by Crippen LogP contribution is -2.34. The Morgan fingerprint density at radius 2 is 2.21 bits per heavy atom. The van der Waals surface area contributed by atoms with Crippen LogP contribution >= 0.6 is 0 Å². The van der Waals surface area contributed by atoms with Gasteiger partial charge >= 0.3 is 0 Å². The second-order valence-electron chi connectivity index (χ2n) is 7.83. The third-order valence-corrected chi connectivity index (χ3v) is 4.77. The fraction of sp³-hybridized carbons (Fsp3) is 0.650. The number of nitrogens with zero attached hydrogens (tertiary/aromatic N) is 1. The summed E-state index contributed by atoms with van der Waals surface area (Å²) in [5, 5.41) is 12.9. The molecule has 1 aromatic rings. The van der Waals surface area contributed by atoms with E-state index in [4.69, 9.17) is 0 Å². The van der Waals surface area contributed by atoms with Crippen molar-refractivity contribution in [1.29, 1.82) is 0 Å². The van der Waals surface area contributed by atoms with Crippen molar-refractivity contribution in [3.63, 3.8) is 0 Å². The minimum absolute atomic E-state index is 0.00396. The maximum absolute atomic E-state index is 12.3. The Labute approximate surface area is 146 Å². The van der Waals surface area contributed by atoms with E-state index in [1.54, 1.807) is 0 Å². The number of piperidine rings is 1. The molecule has 2 N–H and O–H groups in total. The molecule has 1 amide bonds. The molecule has 4 heteroatoms. The van der Waals surface area contributed by atoms with Gasteiger partial charge in [-0.3, -0.25) is 4.79 Å². The van der Waals surface area contributed by atoms with Crippen molar-refractivity contribution in [2.24, 2.45) is 5.92 Å². The van der Waals surface area contributed by atoms with Gasteiger partial charge in [0.2, 0.25) is 0 Å². The van der Waals surface area contributed by atoms with Crippen LogP contribution in [0.1, 0.15) is 55.5 Å². The lowest BCUT2D eigenvalue weighted by molar-refractivity contribution is 0.0714. The Hall–Kier alpha value is -1.39. The average Bonchev–Trinajstić information content (AvgIpc) is 2.52. The van der Waals surface area contributed by atoms with E-state index < -0.39 is 5.60 Å². The Kier molecular flexibility index (Phi) is 6.81. The topological polar surface area (TPSA) is 52.6 Å². The molecule has 1 atom stereocenters. The third-order valence-electron chi connectivity index (χ3n) is 4.77. The summed E-state index contributed by atoms with van der Waals surface area (Å²) >= 11 is 0. The van der Waals surface area contributed by atoms with Crippen LogP contribution in [0.5, 0.6) is 0 Å². The van der Waals surface area contributed by atoms with E-state index in [1.807, 2.05) is 38.1 Å². The molecule has 0 spiro atoms. The Balaban J connectivity index is 1.79. The second-order valence-corrected chi connectivity index (χ2v) is 7.83. The Morgan fingerprint density at radius 3 is 2.92 bits per heavy atom. The molecule has 1 heterocycles. The fourth-order valence-electron chi connectivity index (χ4n) is 3.32. The summed E-state index contributed by atoms with van der Waals surface area (Å²) in [6.45, 7) is 6.70. The number of hydrogen-bond donors (Lipinski definition) is 2. The normalized spacial score (nSPS) is 19.2. The Bertz CT molecular complexity index is 537. The monoisotopic (exact) mass is 332 g/mol. The predicted octanol–water partition coefficient (Wildman–Crippen LogP) is 2.85. The van der Waals surface area contributed by atoms with Crippen LogP contribution in [0, 0.1) is 5.92 Å². The van der Waals surface area contributed by atoms with Crippen LogP contribution in [0.3, 0.4) is 0 Å². The molecule has 24 heavy (non-hydrogen) atoms. The highest BCUT2D eigenvalue weighted by molar-refractivity contribution is 5.94. The minimum atomic E-state index is -0.675. The number of carbonyl (C=O) groups excluding carboxylic acids is 1. The van der Waals surface area contributed by atoms with Crippen LogP contribution < -0.4 is 5.32 Å². The number of amides is 1. The van der Waals surface area contributed by atoms with Crippen molar-refractivity contribution in [2.75, 3.05) is 26.7 Å². The van der Waals surface area contributed by atoms with Gasteiger partial charge in [-0.1, -0.05) is 12.1 Å². The summed E-state index contributed by atoms with van der Waals surface area (Å²) in [6, 6.07) is 7.73. The number of benzene rings is 1. The molecular formula is C20H32N2O2. The maximum Gasteiger partial charge on any atom is 0.251 e. The molecule has 1 aromatic carbocycles. The summed E-state index contributed by atoms with van der Waals surface area (Å²) < 4.78 is 0. The number of rotatable bonds is 7. The summed E-state index contributed by atoms with van der Waals surface area (Å²) in [5.41, 5.74) is 1.13. The highest BCUT2D eigenvalue weighted by atomic mass is 16.3. The zero-order chi connectivity index (χ0) is 17.6. The van der Waals surface area contributed by atoms with Gasteiger partial charge in [-0.15, -0.1) is 0 Å². The number of aryl methyl sites for hydroxylation is 1. The van der Waals surface area contributed by atoms with E-state index in [-0.39, 0.29) is 5.91 Å². The van der Waals surface area contributed by atoms with Crippen molar-refractivity contribution in [3.05, 3.63) is 35.4 Å². The van der Waals surface area contributed by atoms with Crippen molar-refractivity contribution in [1.82, 2.24) is 10.2 Å². The quantitative estimate of drug-likeness (QED) is 0.807. The van der Waals surface area contributed by atoms with Crippen LogP contribution in [0.2, 0.25) is 0 Å². The molecule has 0 saturated carbocycles. The van der Waals surface area contributed by atoms with Crippen LogP contribution in [-0.4, -0.2) is 48.2 Å². The first-order valence-electron chi connectivity index (χ1n) is 9.11. The lowest BCUT2D eigenvalue weighted by atomic mass is 9.95. The van der Waals surface area contributed by atoms with Crippen molar-refractivity contribution < 1.29 is 9.90 Å². The van der Waals surface area contributed by atoms with Gasteiger partial charge in [0.15, 0.2) is 0 Å². The average molecular weight is 332 g/mol. The summed E-state index contributed by atoms with van der Waals surface area (Å²) in [6.07, 6.45) is 5.05. The SMILES string of the molecule is CN1CCCC(CCNC(=O)c2cccc(CCC(C)(C)O)c2)C1. The lowest BCUT2D eigenvalue weighted by Gasteiger charge is -2.29. The molecule has 0 radical (unpaired) electrons. The van der Waals surface area contributed by atoms with Gasteiger partial charge in [-0.25, -0.2) is 0 Å². The van der Waals surface area contributed by atoms with Crippen molar-refractivity contribution in [2.45, 2.75) is 51.6 Å². The molecule has 1 aliphatic heterocycles. The highest BCUT2D eigenvalue weighted by Gasteiger charge is 2.17. The van der Waals surface area contributed by atoms with Crippen LogP contribution in [0.4, 0.5) is 0 Å². The molecule has 134 valence electrons. The smallest absolute Gasteiger partial charge is 0.251 e. The molecule has 1 fully saturated rings. The van der Waals surface area contributed by atoms with Crippen LogP contribution in [-0.2, 0) is 6.42 Å². The van der Waals surface area contributed by atoms with E-state index in [9.17, 15) is 9.90 Å². The summed E-state index contributed by atoms with van der Waals surface area (Å²) in [7, 11) is 2.17. The molecular weight excluding hydrogens is 300 g/mol. The largest absolute Gasteiger partial charge is 0.390 e. The molecule has 0 aromatic heterocycles. The van der Waals surface area contributed by atoms with Gasteiger partial charge in [0.25, 0.3) is 5.91 Å². The number of nitrogens with one attached hydrogen (secondary N) is 1. The summed E-state index contributed by atoms with van der Waals surface area (Å²) in [5.74, 6) is 0.700. The van der Waals surface area contributed by atoms with Gasteiger partial charge in [-0.05, 0) is 83.2 Å². The van der Waals surface area contributed by atoms with Crippen LogP contribution in [0.15, 0.2) is 24.3 Å². The molecule has 0 aliphatic carbocycles. The molecule has 4 nitrogen and oxygen atoms in total. The second kappa shape index (κ2) is 8.63. The Morgan fingerprint density at radius 1 is 1.42 bits per heavy atom. The number of hydrogen-bond acceptors (Lipinski definition) is 3. The van der Waals surface area contributed by atoms with Gasteiger partial charge in [0.05, 0.1) is 5.60 Å². The van der Waals surface area contributed by atoms with Gasteiger partial charge in [0.1, 0.15) is 0 Å². The van der Waals surface area contributed by atoms with E-state index in [0.717, 1.165) is 31.5 Å². The van der Waals surface area contributed by atoms with E-state index in [0.29, 0.717) is 17.9 Å². The fourth-order valence-corrected chi connectivity index (χ4v) is 3.32. The zero-order valence-corrected chi connectivity index (χ0v) is 15.3. The first-order chi connectivity index (χ1) is 11.3. The predicted molar refractivity (Wildman–Crippen MR) is 98.2 cm³/mol. The first kappa shape index (κ1) is 18.9. The van der Waals surface area contributed by atoms with E-state index in [2.05, 4.69) is 17.3 Å². The standard InChI is InChI=1S/C20H32N2O2/c1-20(2,24)11-9-16-6-4-8-18(14-16)19(23)21-12-10-17-7-5-13-22(3)15-17/h4,6,8,14,17,24H,5,7,9-13,15H2,1-3H3,(H,21,23). The van der Waals surface area contributed by atoms with Gasteiger partial charge in [0, 0.05) is 18.7 Å². The number of likely N-dealkylation sites (tertiary alicyclic amines) is 1. The first-order valence-corrected chi connectivity index (χ1v) is 9.11. The maximum atomic E-state index is 12.3. The van der Waals surface area contributed by atoms with Crippen molar-refractivity contribution in [3.8, 4) is 0 Å². The zero-order valence-electron chi connectivity index (χ0n) is 15.3. The van der Waals surface area contributed by atoms with Gasteiger partial charge < -0.3 is 15.3 Å². The van der Waals surface area contributed by atoms with E-state index in [1.165, 1.54) is 19.4 Å². The molecule has 2 rings (SSSR count). The number of carbonyl (C=O) groups is 1. The molecule has 1 saturated heterocycles. The van der Waals surface area contributed by atoms with Crippen LogP contribution in [0.25, 0.3) is 0 Å². The third kappa shape index (κ3) is 6.62. The minimum Gasteiger partial charge on any atom is -0.390 e. The van der Waals surface area contributed by atoms with E-state index >= 15 is 0 Å². The highest BCUT2D eigenvalue weighted by Crippen LogP contribution is 2.18. The summed E-state index contributed by atoms with van der Waals surface area (Å²) in [4.78, 5) is 14.7. The van der Waals surface area contributed by atoms with Gasteiger partial charge in [-0.2, -0.15) is 0 Å².